The second-order valence-electron chi connectivity index (χ2n) is 11.5. The van der Waals surface area contributed by atoms with Gasteiger partial charge in [-0.15, -0.1) is 0 Å². The van der Waals surface area contributed by atoms with Crippen molar-refractivity contribution in [2.75, 3.05) is 23.5 Å². The van der Waals surface area contributed by atoms with E-state index in [0.717, 1.165) is 62.7 Å². The summed E-state index contributed by atoms with van der Waals surface area (Å²) in [6.45, 7) is 0.792. The molecule has 8 aromatic rings. The first-order valence-corrected chi connectivity index (χ1v) is 15.1. The number of fused-ring (bicyclic) bond motifs is 5. The number of hydrogen-bond donors (Lipinski definition) is 0. The fourth-order valence-corrected chi connectivity index (χ4v) is 6.66. The lowest BCUT2D eigenvalue weighted by Crippen LogP contribution is -2.23. The number of hydrogen-bond acceptors (Lipinski definition) is 4. The third-order valence-electron chi connectivity index (χ3n) is 8.77. The first-order chi connectivity index (χ1) is 22.2. The quantitative estimate of drug-likeness (QED) is 0.202. The molecule has 0 fully saturated rings. The summed E-state index contributed by atoms with van der Waals surface area (Å²) < 4.78 is 11.0. The van der Waals surface area contributed by atoms with Gasteiger partial charge in [0.15, 0.2) is 0 Å². The van der Waals surface area contributed by atoms with Crippen LogP contribution in [0.4, 0.5) is 17.1 Å². The normalized spacial score (nSPS) is 12.8. The van der Waals surface area contributed by atoms with Crippen LogP contribution in [-0.2, 0) is 0 Å². The van der Waals surface area contributed by atoms with E-state index in [9.17, 15) is 0 Å². The Morgan fingerprint density at radius 3 is 2.27 bits per heavy atom. The van der Waals surface area contributed by atoms with Gasteiger partial charge in [0.05, 0.1) is 34.6 Å². The fraction of sp³-hybridized carbons (Fsp3) is 0.0513. The monoisotopic (exact) mass is 583 g/mol. The Morgan fingerprint density at radius 1 is 0.600 bits per heavy atom. The van der Waals surface area contributed by atoms with Crippen molar-refractivity contribution in [1.82, 2.24) is 14.1 Å². The molecule has 0 N–H and O–H groups in total. The van der Waals surface area contributed by atoms with Crippen LogP contribution in [0.25, 0.3) is 44.2 Å². The zero-order chi connectivity index (χ0) is 29.9. The Hall–Kier alpha value is -6.01. The van der Waals surface area contributed by atoms with Gasteiger partial charge in [0.25, 0.3) is 0 Å². The number of benzene rings is 5. The van der Waals surface area contributed by atoms with E-state index < -0.39 is 0 Å². The molecular weight excluding hydrogens is 554 g/mol. The number of nitrogens with zero attached hydrogens (tertiary/aromatic N) is 5. The molecule has 45 heavy (non-hydrogen) atoms. The summed E-state index contributed by atoms with van der Waals surface area (Å²) in [6.07, 6.45) is 4.07. The van der Waals surface area contributed by atoms with Gasteiger partial charge in [-0.1, -0.05) is 54.6 Å². The third kappa shape index (κ3) is 4.14. The minimum absolute atomic E-state index is 0.774. The largest absolute Gasteiger partial charge is 0.457 e. The molecule has 0 unspecified atom stereocenters. The maximum absolute atomic E-state index is 6.55. The van der Waals surface area contributed by atoms with Gasteiger partial charge in [-0.25, -0.2) is 4.98 Å². The fourth-order valence-electron chi connectivity index (χ4n) is 6.66. The molecule has 9 rings (SSSR count). The Labute approximate surface area is 260 Å². The summed E-state index contributed by atoms with van der Waals surface area (Å²) in [7, 11) is 2.12. The maximum atomic E-state index is 6.55. The van der Waals surface area contributed by atoms with Gasteiger partial charge < -0.3 is 19.1 Å². The zero-order valence-electron chi connectivity index (χ0n) is 24.7. The van der Waals surface area contributed by atoms with E-state index in [1.807, 2.05) is 18.3 Å². The van der Waals surface area contributed by atoms with E-state index >= 15 is 0 Å². The van der Waals surface area contributed by atoms with Crippen molar-refractivity contribution in [1.29, 1.82) is 0 Å². The lowest BCUT2D eigenvalue weighted by atomic mass is 10.1. The van der Waals surface area contributed by atoms with Gasteiger partial charge in [0.2, 0.25) is 0 Å². The Kier molecular flexibility index (Phi) is 5.68. The highest BCUT2D eigenvalue weighted by Crippen LogP contribution is 2.41. The molecule has 0 saturated heterocycles. The molecule has 1 aliphatic rings. The lowest BCUT2D eigenvalue weighted by Gasteiger charge is -2.20. The van der Waals surface area contributed by atoms with Crippen LogP contribution in [-0.4, -0.2) is 27.8 Å². The third-order valence-corrected chi connectivity index (χ3v) is 8.77. The van der Waals surface area contributed by atoms with Crippen LogP contribution in [0, 0.1) is 0 Å². The number of anilines is 3. The van der Waals surface area contributed by atoms with Crippen molar-refractivity contribution in [2.24, 2.45) is 0 Å². The molecule has 1 aliphatic heterocycles. The summed E-state index contributed by atoms with van der Waals surface area (Å²) in [5, 5.41) is 3.43. The van der Waals surface area contributed by atoms with E-state index in [2.05, 4.69) is 154 Å². The van der Waals surface area contributed by atoms with Crippen LogP contribution in [0.3, 0.4) is 0 Å². The summed E-state index contributed by atoms with van der Waals surface area (Å²) in [5.41, 5.74) is 7.90. The molecule has 6 heteroatoms. The van der Waals surface area contributed by atoms with E-state index in [0.29, 0.717) is 0 Å². The molecule has 5 aromatic carbocycles. The number of aromatic nitrogens is 3. The van der Waals surface area contributed by atoms with Gasteiger partial charge in [-0.3, -0.25) is 4.57 Å². The minimum atomic E-state index is 0.774. The summed E-state index contributed by atoms with van der Waals surface area (Å²) in [6, 6.07) is 46.4. The summed E-state index contributed by atoms with van der Waals surface area (Å²) in [5.74, 6) is 2.43. The summed E-state index contributed by atoms with van der Waals surface area (Å²) >= 11 is 0. The zero-order valence-corrected chi connectivity index (χ0v) is 24.7. The average molecular weight is 584 g/mol. The van der Waals surface area contributed by atoms with Crippen molar-refractivity contribution in [3.05, 3.63) is 146 Å². The molecule has 4 heterocycles. The van der Waals surface area contributed by atoms with Crippen molar-refractivity contribution >= 4 is 49.8 Å². The second-order valence-corrected chi connectivity index (χ2v) is 11.5. The highest BCUT2D eigenvalue weighted by atomic mass is 16.5. The first-order valence-electron chi connectivity index (χ1n) is 15.1. The van der Waals surface area contributed by atoms with Crippen LogP contribution >= 0.6 is 0 Å². The molecule has 0 atom stereocenters. The minimum Gasteiger partial charge on any atom is -0.457 e. The predicted molar refractivity (Wildman–Crippen MR) is 184 cm³/mol. The highest BCUT2D eigenvalue weighted by Gasteiger charge is 2.24. The smallest absolute Gasteiger partial charge is 0.139 e. The molecule has 0 saturated carbocycles. The van der Waals surface area contributed by atoms with E-state index in [1.165, 1.54) is 16.8 Å². The van der Waals surface area contributed by atoms with Crippen molar-refractivity contribution < 1.29 is 4.74 Å². The molecule has 0 spiro atoms. The van der Waals surface area contributed by atoms with Gasteiger partial charge in [0.1, 0.15) is 17.3 Å². The summed E-state index contributed by atoms with van der Waals surface area (Å²) in [4.78, 5) is 9.53. The van der Waals surface area contributed by atoms with Crippen LogP contribution in [0.5, 0.6) is 11.5 Å². The van der Waals surface area contributed by atoms with Crippen molar-refractivity contribution in [2.45, 2.75) is 0 Å². The topological polar surface area (TPSA) is 38.5 Å². The molecular formula is C39H29N5O. The standard InChI is InChI=1S/C39H29N5O/c1-41-26-43(36-17-8-7-16-35(36)41)29-12-9-13-30(22-29)45-31-18-19-33-32-14-5-6-15-34(32)44(38(33)23-31)39-24-37-27(25-40-39)20-21-42(37)28-10-3-2-4-11-28/h2-25H,26H2,1H3. The van der Waals surface area contributed by atoms with Crippen LogP contribution in [0.15, 0.2) is 146 Å². The molecule has 216 valence electrons. The molecule has 0 bridgehead atoms. The number of rotatable bonds is 5. The van der Waals surface area contributed by atoms with Gasteiger partial charge >= 0.3 is 0 Å². The molecule has 3 aromatic heterocycles. The molecule has 0 amide bonds. The Bertz CT molecular complexity index is 2370. The van der Waals surface area contributed by atoms with Crippen molar-refractivity contribution in [3.63, 3.8) is 0 Å². The number of para-hydroxylation sites is 4. The predicted octanol–water partition coefficient (Wildman–Crippen LogP) is 9.46. The van der Waals surface area contributed by atoms with Gasteiger partial charge in [-0.05, 0) is 60.7 Å². The maximum Gasteiger partial charge on any atom is 0.139 e. The highest BCUT2D eigenvalue weighted by molar-refractivity contribution is 6.09. The van der Waals surface area contributed by atoms with Crippen LogP contribution < -0.4 is 14.5 Å². The number of ether oxygens (including phenoxy) is 1. The van der Waals surface area contributed by atoms with Crippen molar-refractivity contribution in [3.8, 4) is 23.0 Å². The van der Waals surface area contributed by atoms with E-state index in [-0.39, 0.29) is 0 Å². The lowest BCUT2D eigenvalue weighted by molar-refractivity contribution is 0.483. The Balaban J connectivity index is 1.13. The number of pyridine rings is 1. The molecule has 0 aliphatic carbocycles. The first kappa shape index (κ1) is 25.5. The SMILES string of the molecule is CN1CN(c2cccc(Oc3ccc4c5ccccc5n(-c5cc6c(ccn6-c6ccccc6)cn5)c4c3)c2)c2ccccc21. The van der Waals surface area contributed by atoms with Gasteiger partial charge in [0, 0.05) is 65.2 Å². The Morgan fingerprint density at radius 2 is 1.36 bits per heavy atom. The molecule has 0 radical (unpaired) electrons. The van der Waals surface area contributed by atoms with E-state index in [1.54, 1.807) is 0 Å². The molecule has 6 nitrogen and oxygen atoms in total. The van der Waals surface area contributed by atoms with Crippen LogP contribution in [0.1, 0.15) is 0 Å². The van der Waals surface area contributed by atoms with Crippen LogP contribution in [0.2, 0.25) is 0 Å². The second kappa shape index (κ2) is 10.0. The van der Waals surface area contributed by atoms with Gasteiger partial charge in [-0.2, -0.15) is 0 Å². The van der Waals surface area contributed by atoms with E-state index in [4.69, 9.17) is 9.72 Å². The average Bonchev–Trinajstić information content (AvgIpc) is 3.76.